The van der Waals surface area contributed by atoms with E-state index in [2.05, 4.69) is 14.2 Å². The van der Waals surface area contributed by atoms with Crippen LogP contribution in [-0.4, -0.2) is 36.6 Å². The van der Waals surface area contributed by atoms with Crippen molar-refractivity contribution in [3.63, 3.8) is 0 Å². The van der Waals surface area contributed by atoms with E-state index >= 15 is 0 Å². The van der Waals surface area contributed by atoms with Gasteiger partial charge in [0, 0.05) is 13.8 Å². The quantitative estimate of drug-likeness (QED) is 0.445. The summed E-state index contributed by atoms with van der Waals surface area (Å²) < 4.78 is 13.0. The summed E-state index contributed by atoms with van der Waals surface area (Å²) in [7, 11) is 0. The van der Waals surface area contributed by atoms with Gasteiger partial charge in [0.2, 0.25) is 0 Å². The van der Waals surface area contributed by atoms with E-state index in [0.717, 1.165) is 13.8 Å². The first-order valence-corrected chi connectivity index (χ1v) is 4.38. The van der Waals surface area contributed by atoms with Gasteiger partial charge in [0.25, 0.3) is 0 Å². The molecule has 0 aliphatic heterocycles. The van der Waals surface area contributed by atoms with Crippen LogP contribution in [-0.2, 0) is 33.4 Å². The van der Waals surface area contributed by atoms with Crippen molar-refractivity contribution in [1.29, 1.82) is 0 Å². The fourth-order valence-electron chi connectivity index (χ4n) is 0.734. The summed E-state index contributed by atoms with van der Waals surface area (Å²) in [6.45, 7) is 2.76. The van der Waals surface area contributed by atoms with E-state index in [9.17, 15) is 19.2 Å². The van der Waals surface area contributed by atoms with Crippen molar-refractivity contribution in [2.45, 2.75) is 56.6 Å². The third kappa shape index (κ3) is 16.1. The molecule has 0 bridgehead atoms. The Bertz CT molecular complexity index is 310. The molecule has 0 N–H and O–H groups in total. The predicted molar refractivity (Wildman–Crippen MR) is 75.9 cm³/mol. The average molecular weight is 296 g/mol. The molecule has 0 aliphatic carbocycles. The molecule has 0 saturated heterocycles. The van der Waals surface area contributed by atoms with Gasteiger partial charge in [-0.05, 0) is 6.92 Å². The summed E-state index contributed by atoms with van der Waals surface area (Å²) in [6.07, 6.45) is -1.11. The van der Waals surface area contributed by atoms with Gasteiger partial charge >= 0.3 is 23.9 Å². The first-order valence-electron chi connectivity index (χ1n) is 4.38. The summed E-state index contributed by atoms with van der Waals surface area (Å²) in [4.78, 5) is 42.7. The summed E-state index contributed by atoms with van der Waals surface area (Å²) in [5.41, 5.74) is 0. The molecule has 0 aromatic heterocycles. The SMILES string of the molecule is C.C.C.C.CC(=O)OC(=O)COC(=O)C(C)OC(C)=O. The number of carbonyl (C=O) groups excluding carboxylic acids is 4. The lowest BCUT2D eigenvalue weighted by Crippen LogP contribution is -2.28. The monoisotopic (exact) mass is 296 g/mol. The molecule has 0 heterocycles. The largest absolute Gasteiger partial charge is 0.451 e. The van der Waals surface area contributed by atoms with Crippen LogP contribution in [0.5, 0.6) is 0 Å². The average Bonchev–Trinajstić information content (AvgIpc) is 2.11. The zero-order valence-electron chi connectivity index (χ0n) is 9.14. The molecule has 20 heavy (non-hydrogen) atoms. The molecule has 0 amide bonds. The van der Waals surface area contributed by atoms with Gasteiger partial charge in [-0.1, -0.05) is 29.7 Å². The standard InChI is InChI=1S/C9H12O7.4CH4/c1-5(15-6(2)10)9(13)14-4-8(12)16-7(3)11;;;;/h5H,4H2,1-3H3;4*1H4. The van der Waals surface area contributed by atoms with E-state index < -0.39 is 36.6 Å². The topological polar surface area (TPSA) is 96.0 Å². The second kappa shape index (κ2) is 15.1. The molecule has 122 valence electrons. The Balaban J connectivity index is -0.000000187. The second-order valence-corrected chi connectivity index (χ2v) is 2.83. The molecule has 0 rings (SSSR count). The molecule has 0 aromatic rings. The number of hydrogen-bond acceptors (Lipinski definition) is 7. The van der Waals surface area contributed by atoms with E-state index in [-0.39, 0.29) is 29.7 Å². The Labute approximate surface area is 121 Å². The normalized spacial score (nSPS) is 8.95. The van der Waals surface area contributed by atoms with Crippen molar-refractivity contribution in [2.24, 2.45) is 0 Å². The minimum Gasteiger partial charge on any atom is -0.451 e. The van der Waals surface area contributed by atoms with E-state index in [1.54, 1.807) is 0 Å². The highest BCUT2D eigenvalue weighted by molar-refractivity contribution is 5.86. The Morgan fingerprint density at radius 2 is 1.35 bits per heavy atom. The minimum atomic E-state index is -1.11. The Morgan fingerprint density at radius 3 is 1.70 bits per heavy atom. The zero-order valence-corrected chi connectivity index (χ0v) is 9.14. The highest BCUT2D eigenvalue weighted by Gasteiger charge is 2.19. The second-order valence-electron chi connectivity index (χ2n) is 2.83. The van der Waals surface area contributed by atoms with Gasteiger partial charge in [-0.15, -0.1) is 0 Å². The molecule has 0 aromatic carbocycles. The molecule has 7 heteroatoms. The van der Waals surface area contributed by atoms with Crippen molar-refractivity contribution < 1.29 is 33.4 Å². The van der Waals surface area contributed by atoms with Gasteiger partial charge < -0.3 is 14.2 Å². The molecule has 0 spiro atoms. The maximum Gasteiger partial charge on any atom is 0.351 e. The molecule has 1 atom stereocenters. The van der Waals surface area contributed by atoms with Gasteiger partial charge in [0.1, 0.15) is 0 Å². The van der Waals surface area contributed by atoms with Crippen LogP contribution in [0.3, 0.4) is 0 Å². The summed E-state index contributed by atoms with van der Waals surface area (Å²) in [5, 5.41) is 0. The lowest BCUT2D eigenvalue weighted by Gasteiger charge is -2.10. The van der Waals surface area contributed by atoms with E-state index in [1.807, 2.05) is 0 Å². The number of hydrogen-bond donors (Lipinski definition) is 0. The first kappa shape index (κ1) is 30.8. The van der Waals surface area contributed by atoms with Crippen LogP contribution < -0.4 is 0 Å². The number of ether oxygens (including phenoxy) is 3. The molecule has 1 unspecified atom stereocenters. The van der Waals surface area contributed by atoms with Crippen molar-refractivity contribution in [3.8, 4) is 0 Å². The highest BCUT2D eigenvalue weighted by atomic mass is 16.6. The number of esters is 4. The third-order valence-corrected chi connectivity index (χ3v) is 1.26. The van der Waals surface area contributed by atoms with Crippen LogP contribution >= 0.6 is 0 Å². The molecule has 0 fully saturated rings. The minimum absolute atomic E-state index is 0. The molecule has 0 aliphatic rings. The fraction of sp³-hybridized carbons (Fsp3) is 0.692. The maximum atomic E-state index is 11.1. The van der Waals surface area contributed by atoms with Crippen LogP contribution in [0, 0.1) is 0 Å². The van der Waals surface area contributed by atoms with Crippen LogP contribution in [0.1, 0.15) is 50.5 Å². The van der Waals surface area contributed by atoms with Gasteiger partial charge in [-0.25, -0.2) is 9.59 Å². The van der Waals surface area contributed by atoms with Crippen molar-refractivity contribution in [1.82, 2.24) is 0 Å². The Morgan fingerprint density at radius 1 is 0.900 bits per heavy atom. The predicted octanol–water partition coefficient (Wildman–Crippen LogP) is 2.12. The maximum absolute atomic E-state index is 11.1. The summed E-state index contributed by atoms with van der Waals surface area (Å²) in [5.74, 6) is -3.32. The fourth-order valence-corrected chi connectivity index (χ4v) is 0.734. The van der Waals surface area contributed by atoms with Crippen molar-refractivity contribution in [2.75, 3.05) is 6.61 Å². The molecule has 0 radical (unpaired) electrons. The lowest BCUT2D eigenvalue weighted by atomic mass is 10.4. The highest BCUT2D eigenvalue weighted by Crippen LogP contribution is 1.95. The van der Waals surface area contributed by atoms with Crippen LogP contribution in [0.15, 0.2) is 0 Å². The van der Waals surface area contributed by atoms with Gasteiger partial charge in [0.05, 0.1) is 0 Å². The Hall–Kier alpha value is -1.92. The van der Waals surface area contributed by atoms with E-state index in [4.69, 9.17) is 0 Å². The molecular formula is C13H28O7. The zero-order chi connectivity index (χ0) is 12.7. The van der Waals surface area contributed by atoms with Gasteiger partial charge in [0.15, 0.2) is 12.7 Å². The molecule has 7 nitrogen and oxygen atoms in total. The van der Waals surface area contributed by atoms with Crippen molar-refractivity contribution in [3.05, 3.63) is 0 Å². The first-order chi connectivity index (χ1) is 7.32. The molecular weight excluding hydrogens is 268 g/mol. The third-order valence-electron chi connectivity index (χ3n) is 1.26. The molecule has 0 saturated carbocycles. The van der Waals surface area contributed by atoms with E-state index in [1.165, 1.54) is 6.92 Å². The Kier molecular flexibility index (Phi) is 23.3. The van der Waals surface area contributed by atoms with Crippen LogP contribution in [0.25, 0.3) is 0 Å². The lowest BCUT2D eigenvalue weighted by molar-refractivity contribution is -0.172. The van der Waals surface area contributed by atoms with Gasteiger partial charge in [-0.2, -0.15) is 0 Å². The number of carbonyl (C=O) groups is 4. The smallest absolute Gasteiger partial charge is 0.351 e. The van der Waals surface area contributed by atoms with Crippen molar-refractivity contribution >= 4 is 23.9 Å². The van der Waals surface area contributed by atoms with Crippen LogP contribution in [0.2, 0.25) is 0 Å². The summed E-state index contributed by atoms with van der Waals surface area (Å²) >= 11 is 0. The van der Waals surface area contributed by atoms with Crippen LogP contribution in [0.4, 0.5) is 0 Å². The summed E-state index contributed by atoms with van der Waals surface area (Å²) in [6, 6.07) is 0. The van der Waals surface area contributed by atoms with E-state index in [0.29, 0.717) is 0 Å². The van der Waals surface area contributed by atoms with Gasteiger partial charge in [-0.3, -0.25) is 9.59 Å². The number of rotatable bonds is 4.